The van der Waals surface area contributed by atoms with Crippen LogP contribution in [-0.4, -0.2) is 64.7 Å². The molecule has 0 radical (unpaired) electrons. The van der Waals surface area contributed by atoms with Crippen molar-refractivity contribution in [2.24, 2.45) is 0 Å². The largest absolute Gasteiger partial charge is 0.497 e. The third-order valence-electron chi connectivity index (χ3n) is 5.82. The number of hydrogen-bond acceptors (Lipinski definition) is 6. The molecule has 0 aliphatic heterocycles. The van der Waals surface area contributed by atoms with Crippen LogP contribution in [0.2, 0.25) is 5.02 Å². The van der Waals surface area contributed by atoms with Gasteiger partial charge in [-0.3, -0.25) is 13.9 Å². The molecule has 0 unspecified atom stereocenters. The van der Waals surface area contributed by atoms with Gasteiger partial charge in [-0.1, -0.05) is 44.0 Å². The summed E-state index contributed by atoms with van der Waals surface area (Å²) in [5.74, 6) is -0.171. The zero-order valence-corrected chi connectivity index (χ0v) is 23.6. The molecule has 0 spiro atoms. The highest BCUT2D eigenvalue weighted by molar-refractivity contribution is 7.92. The molecule has 0 saturated carbocycles. The standard InChI is InChI=1S/C26H36ClN3O6S/c1-6-8-15-28-26(32)22(7-2)29(17-19-9-11-20(27)12-10-19)25(31)18-30(37(5,33)34)23-16-21(35-3)13-14-24(23)36-4/h9-14,16,22H,6-8,15,17-18H2,1-5H3,(H,28,32)/t22-/m0/s1. The third kappa shape index (κ3) is 8.53. The van der Waals surface area contributed by atoms with Gasteiger partial charge in [-0.25, -0.2) is 8.42 Å². The molecule has 2 rings (SSSR count). The van der Waals surface area contributed by atoms with Crippen molar-refractivity contribution >= 4 is 39.1 Å². The van der Waals surface area contributed by atoms with Gasteiger partial charge < -0.3 is 19.7 Å². The van der Waals surface area contributed by atoms with Crippen molar-refractivity contribution in [2.45, 2.75) is 45.7 Å². The number of benzene rings is 2. The Kier molecular flexibility index (Phi) is 11.5. The first-order chi connectivity index (χ1) is 17.5. The number of unbranched alkanes of at least 4 members (excludes halogenated alkanes) is 1. The topological polar surface area (TPSA) is 105 Å². The Labute approximate surface area is 224 Å². The fraction of sp³-hybridized carbons (Fsp3) is 0.462. The SMILES string of the molecule is CCCCNC(=O)[C@H](CC)N(Cc1ccc(Cl)cc1)C(=O)CN(c1cc(OC)ccc1OC)S(C)(=O)=O. The Morgan fingerprint density at radius 3 is 2.27 bits per heavy atom. The van der Waals surface area contributed by atoms with Crippen LogP contribution in [0.1, 0.15) is 38.7 Å². The lowest BCUT2D eigenvalue weighted by Crippen LogP contribution is -2.52. The van der Waals surface area contributed by atoms with E-state index in [0.29, 0.717) is 23.7 Å². The molecule has 0 aliphatic rings. The van der Waals surface area contributed by atoms with Gasteiger partial charge in [0.15, 0.2) is 0 Å². The van der Waals surface area contributed by atoms with E-state index in [0.717, 1.165) is 29.0 Å². The molecule has 204 valence electrons. The van der Waals surface area contributed by atoms with E-state index < -0.39 is 28.5 Å². The van der Waals surface area contributed by atoms with E-state index in [1.54, 1.807) is 36.4 Å². The van der Waals surface area contributed by atoms with Crippen LogP contribution < -0.4 is 19.1 Å². The fourth-order valence-corrected chi connectivity index (χ4v) is 4.77. The molecule has 1 atom stereocenters. The van der Waals surface area contributed by atoms with Crippen LogP contribution in [-0.2, 0) is 26.2 Å². The molecule has 2 aromatic rings. The van der Waals surface area contributed by atoms with Gasteiger partial charge in [-0.2, -0.15) is 0 Å². The van der Waals surface area contributed by atoms with Gasteiger partial charge in [0.05, 0.1) is 26.2 Å². The number of halogens is 1. The lowest BCUT2D eigenvalue weighted by atomic mass is 10.1. The lowest BCUT2D eigenvalue weighted by Gasteiger charge is -2.33. The molecule has 0 saturated heterocycles. The highest BCUT2D eigenvalue weighted by Gasteiger charge is 2.32. The zero-order chi connectivity index (χ0) is 27.6. The van der Waals surface area contributed by atoms with Gasteiger partial charge in [-0.15, -0.1) is 0 Å². The molecule has 0 fully saturated rings. The maximum absolute atomic E-state index is 13.8. The van der Waals surface area contributed by atoms with Crippen molar-refractivity contribution in [1.82, 2.24) is 10.2 Å². The minimum absolute atomic E-state index is 0.0998. The van der Waals surface area contributed by atoms with Gasteiger partial charge in [0.2, 0.25) is 21.8 Å². The number of carbonyl (C=O) groups is 2. The second-order valence-corrected chi connectivity index (χ2v) is 10.9. The molecule has 0 aliphatic carbocycles. The summed E-state index contributed by atoms with van der Waals surface area (Å²) in [6, 6.07) is 10.8. The minimum Gasteiger partial charge on any atom is -0.497 e. The maximum atomic E-state index is 13.8. The van der Waals surface area contributed by atoms with Crippen molar-refractivity contribution in [3.63, 3.8) is 0 Å². The summed E-state index contributed by atoms with van der Waals surface area (Å²) in [6.45, 7) is 3.89. The summed E-state index contributed by atoms with van der Waals surface area (Å²) in [5.41, 5.74) is 0.909. The number of rotatable bonds is 14. The monoisotopic (exact) mass is 553 g/mol. The number of methoxy groups -OCH3 is 2. The predicted molar refractivity (Wildman–Crippen MR) is 146 cm³/mol. The maximum Gasteiger partial charge on any atom is 0.244 e. The van der Waals surface area contributed by atoms with Crippen molar-refractivity contribution < 1.29 is 27.5 Å². The molecule has 9 nitrogen and oxygen atoms in total. The Morgan fingerprint density at radius 1 is 1.05 bits per heavy atom. The quantitative estimate of drug-likeness (QED) is 0.356. The van der Waals surface area contributed by atoms with Crippen LogP contribution in [0.3, 0.4) is 0 Å². The van der Waals surface area contributed by atoms with E-state index in [4.69, 9.17) is 21.1 Å². The molecule has 0 bridgehead atoms. The summed E-state index contributed by atoms with van der Waals surface area (Å²) in [6.07, 6.45) is 3.08. The van der Waals surface area contributed by atoms with Gasteiger partial charge in [-0.05, 0) is 42.7 Å². The van der Waals surface area contributed by atoms with Crippen LogP contribution >= 0.6 is 11.6 Å². The third-order valence-corrected chi connectivity index (χ3v) is 7.19. The van der Waals surface area contributed by atoms with Gasteiger partial charge in [0.25, 0.3) is 0 Å². The van der Waals surface area contributed by atoms with Crippen molar-refractivity contribution in [1.29, 1.82) is 0 Å². The molecule has 1 N–H and O–H groups in total. The number of nitrogens with one attached hydrogen (secondary N) is 1. The molecule has 2 amide bonds. The number of ether oxygens (including phenoxy) is 2. The summed E-state index contributed by atoms with van der Waals surface area (Å²) >= 11 is 6.02. The van der Waals surface area contributed by atoms with Gasteiger partial charge in [0.1, 0.15) is 24.1 Å². The molecule has 0 aromatic heterocycles. The molecule has 0 heterocycles. The van der Waals surface area contributed by atoms with E-state index in [1.807, 2.05) is 13.8 Å². The van der Waals surface area contributed by atoms with E-state index >= 15 is 0 Å². The molecular weight excluding hydrogens is 518 g/mol. The minimum atomic E-state index is -3.92. The van der Waals surface area contributed by atoms with Crippen LogP contribution in [0.4, 0.5) is 5.69 Å². The van der Waals surface area contributed by atoms with Crippen LogP contribution in [0.25, 0.3) is 0 Å². The summed E-state index contributed by atoms with van der Waals surface area (Å²) in [7, 11) is -1.05. The lowest BCUT2D eigenvalue weighted by molar-refractivity contribution is -0.140. The summed E-state index contributed by atoms with van der Waals surface area (Å²) in [4.78, 5) is 28.3. The highest BCUT2D eigenvalue weighted by Crippen LogP contribution is 2.34. The Morgan fingerprint density at radius 2 is 1.73 bits per heavy atom. The van der Waals surface area contributed by atoms with E-state index in [9.17, 15) is 18.0 Å². The molecule has 37 heavy (non-hydrogen) atoms. The molecular formula is C26H36ClN3O6S. The van der Waals surface area contributed by atoms with E-state index in [1.165, 1.54) is 25.2 Å². The van der Waals surface area contributed by atoms with Crippen LogP contribution in [0.15, 0.2) is 42.5 Å². The first-order valence-corrected chi connectivity index (χ1v) is 14.3. The number of carbonyl (C=O) groups excluding carboxylic acids is 2. The van der Waals surface area contributed by atoms with Crippen LogP contribution in [0.5, 0.6) is 11.5 Å². The first-order valence-electron chi connectivity index (χ1n) is 12.1. The number of anilines is 1. The smallest absolute Gasteiger partial charge is 0.244 e. The number of sulfonamides is 1. The van der Waals surface area contributed by atoms with Gasteiger partial charge >= 0.3 is 0 Å². The fourth-order valence-electron chi connectivity index (χ4n) is 3.80. The summed E-state index contributed by atoms with van der Waals surface area (Å²) < 4.78 is 37.3. The second-order valence-electron chi connectivity index (χ2n) is 8.52. The normalized spacial score (nSPS) is 11.9. The second kappa shape index (κ2) is 14.1. The Hall–Kier alpha value is -2.98. The number of nitrogens with zero attached hydrogens (tertiary/aromatic N) is 2. The molecule has 2 aromatic carbocycles. The van der Waals surface area contributed by atoms with E-state index in [-0.39, 0.29) is 23.9 Å². The Bertz CT molecular complexity index is 1160. The van der Waals surface area contributed by atoms with E-state index in [2.05, 4.69) is 5.32 Å². The van der Waals surface area contributed by atoms with Crippen molar-refractivity contribution in [3.8, 4) is 11.5 Å². The Balaban J connectivity index is 2.48. The predicted octanol–water partition coefficient (Wildman–Crippen LogP) is 3.85. The van der Waals surface area contributed by atoms with Gasteiger partial charge in [0, 0.05) is 24.2 Å². The zero-order valence-electron chi connectivity index (χ0n) is 22.0. The number of amides is 2. The van der Waals surface area contributed by atoms with Crippen molar-refractivity contribution in [2.75, 3.05) is 37.9 Å². The van der Waals surface area contributed by atoms with Crippen LogP contribution in [0, 0.1) is 0 Å². The van der Waals surface area contributed by atoms with Crippen molar-refractivity contribution in [3.05, 3.63) is 53.1 Å². The average molecular weight is 554 g/mol. The average Bonchev–Trinajstić information content (AvgIpc) is 2.87. The highest BCUT2D eigenvalue weighted by atomic mass is 35.5. The first kappa shape index (κ1) is 30.2. The molecule has 11 heteroatoms. The summed E-state index contributed by atoms with van der Waals surface area (Å²) in [5, 5.41) is 3.43. The number of hydrogen-bond donors (Lipinski definition) is 1.